The second-order valence-corrected chi connectivity index (χ2v) is 13.7. The molecule has 0 fully saturated rings. The lowest BCUT2D eigenvalue weighted by Gasteiger charge is -2.29. The average molecular weight is 758 g/mol. The molecule has 0 unspecified atom stereocenters. The second-order valence-electron chi connectivity index (χ2n) is 13.7. The van der Waals surface area contributed by atoms with Gasteiger partial charge in [0.25, 0.3) is 0 Å². The van der Waals surface area contributed by atoms with Crippen LogP contribution in [0.5, 0.6) is 0 Å². The fraction of sp³-hybridized carbons (Fsp3) is 0.758. The summed E-state index contributed by atoms with van der Waals surface area (Å²) in [6.45, 7) is 7.84. The van der Waals surface area contributed by atoms with Crippen molar-refractivity contribution in [3.05, 3.63) is 0 Å². The largest absolute Gasteiger partial charge is 0.481 e. The van der Waals surface area contributed by atoms with Gasteiger partial charge in [-0.05, 0) is 76.3 Å². The highest BCUT2D eigenvalue weighted by molar-refractivity contribution is 5.96. The van der Waals surface area contributed by atoms with E-state index in [1.165, 1.54) is 0 Å². The number of aliphatic carboxylic acids is 2. The van der Waals surface area contributed by atoms with Crippen molar-refractivity contribution in [2.75, 3.05) is 19.6 Å². The Morgan fingerprint density at radius 1 is 0.623 bits per heavy atom. The summed E-state index contributed by atoms with van der Waals surface area (Å²) < 4.78 is 0. The van der Waals surface area contributed by atoms with Crippen molar-refractivity contribution in [3.8, 4) is 0 Å². The molecule has 304 valence electrons. The number of carboxylic acid groups (broad SMARTS) is 2. The first kappa shape index (κ1) is 48.4. The standard InChI is InChI=1S/C33H63N11O9/c1-18(2)16-23(30(50)43-24(32(52)53)17-25(45)46)42-28(48)21(11-6-8-14-35)41-31(51)26(19(3)4)44-29(49)22(12-9-15-39-33(37)38)40-27(47)20(36)10-5-7-13-34/h18-24,26H,5-17,34-36H2,1-4H3,(H,40,47)(H,41,51)(H,42,48)(H,43,50)(H,44,49)(H,45,46)(H,52,53)(H4,37,38,39)/t20-,21-,22-,23-,24-,26-/m0/s1. The van der Waals surface area contributed by atoms with Crippen molar-refractivity contribution in [2.24, 2.45) is 34.8 Å². The van der Waals surface area contributed by atoms with Crippen LogP contribution in [0.2, 0.25) is 0 Å². The molecule has 0 heterocycles. The molecule has 0 saturated heterocycles. The van der Waals surface area contributed by atoms with Gasteiger partial charge < -0.3 is 65.0 Å². The number of nitrogens with two attached hydrogens (primary N) is 4. The Morgan fingerprint density at radius 2 is 1.09 bits per heavy atom. The lowest BCUT2D eigenvalue weighted by atomic mass is 9.99. The predicted molar refractivity (Wildman–Crippen MR) is 197 cm³/mol. The number of hydrogen-bond donors (Lipinski definition) is 13. The van der Waals surface area contributed by atoms with E-state index in [2.05, 4.69) is 31.9 Å². The number of rotatable bonds is 28. The van der Waals surface area contributed by atoms with Gasteiger partial charge in [-0.15, -0.1) is 0 Å². The van der Waals surface area contributed by atoms with Crippen LogP contribution in [0.25, 0.3) is 0 Å². The average Bonchev–Trinajstić information content (AvgIpc) is 3.06. The van der Waals surface area contributed by atoms with Gasteiger partial charge in [0.15, 0.2) is 5.96 Å². The van der Waals surface area contributed by atoms with Gasteiger partial charge in [0.05, 0.1) is 12.5 Å². The van der Waals surface area contributed by atoms with Crippen LogP contribution in [0.1, 0.15) is 91.9 Å². The van der Waals surface area contributed by atoms with Crippen LogP contribution in [-0.2, 0) is 33.6 Å². The Kier molecular flexibility index (Phi) is 24.0. The molecule has 0 spiro atoms. The quantitative estimate of drug-likeness (QED) is 0.0223. The zero-order valence-corrected chi connectivity index (χ0v) is 31.4. The van der Waals surface area contributed by atoms with Gasteiger partial charge in [-0.3, -0.25) is 34.2 Å². The Labute approximate surface area is 310 Å². The minimum atomic E-state index is -1.74. The lowest BCUT2D eigenvalue weighted by molar-refractivity contribution is -0.147. The van der Waals surface area contributed by atoms with E-state index in [1.807, 2.05) is 0 Å². The maximum Gasteiger partial charge on any atom is 0.326 e. The molecule has 0 radical (unpaired) electrons. The van der Waals surface area contributed by atoms with E-state index in [0.717, 1.165) is 0 Å². The molecule has 0 bridgehead atoms. The van der Waals surface area contributed by atoms with Crippen molar-refractivity contribution in [3.63, 3.8) is 0 Å². The number of carbonyl (C=O) groups excluding carboxylic acids is 5. The van der Waals surface area contributed by atoms with Gasteiger partial charge in [-0.2, -0.15) is 0 Å². The van der Waals surface area contributed by atoms with Crippen LogP contribution in [0, 0.1) is 17.2 Å². The Hall–Kier alpha value is -4.56. The minimum Gasteiger partial charge on any atom is -0.481 e. The number of hydrogen-bond acceptors (Lipinski definition) is 11. The molecule has 17 N–H and O–H groups in total. The monoisotopic (exact) mass is 757 g/mol. The SMILES string of the molecule is CC(C)C[C@H](NC(=O)[C@H](CCCCN)NC(=O)[C@@H](NC(=O)[C@H](CCCNC(=N)N)NC(=O)[C@@H](N)CCCCN)C(C)C)C(=O)N[C@@H](CC(=O)O)C(=O)O. The number of carbonyl (C=O) groups is 7. The molecule has 0 aliphatic rings. The zero-order valence-electron chi connectivity index (χ0n) is 31.4. The highest BCUT2D eigenvalue weighted by atomic mass is 16.4. The molecule has 0 aromatic heterocycles. The van der Waals surface area contributed by atoms with Crippen molar-refractivity contribution >= 4 is 47.4 Å². The second kappa shape index (κ2) is 26.2. The summed E-state index contributed by atoms with van der Waals surface area (Å²) in [5.74, 6) is -7.58. The first-order valence-corrected chi connectivity index (χ1v) is 18.0. The Morgan fingerprint density at radius 3 is 1.58 bits per heavy atom. The van der Waals surface area contributed by atoms with Gasteiger partial charge in [0, 0.05) is 6.54 Å². The van der Waals surface area contributed by atoms with Gasteiger partial charge >= 0.3 is 11.9 Å². The maximum atomic E-state index is 13.7. The van der Waals surface area contributed by atoms with E-state index in [9.17, 15) is 38.7 Å². The maximum absolute atomic E-state index is 13.7. The van der Waals surface area contributed by atoms with E-state index in [4.69, 9.17) is 33.5 Å². The lowest BCUT2D eigenvalue weighted by Crippen LogP contribution is -2.60. The Bertz CT molecular complexity index is 1220. The summed E-state index contributed by atoms with van der Waals surface area (Å²) in [5, 5.41) is 41.2. The molecule has 53 heavy (non-hydrogen) atoms. The smallest absolute Gasteiger partial charge is 0.326 e. The molecule has 0 saturated carbocycles. The molecular weight excluding hydrogens is 694 g/mol. The molecule has 0 aromatic carbocycles. The topological polar surface area (TPSA) is 360 Å². The van der Waals surface area contributed by atoms with Crippen molar-refractivity contribution in [2.45, 2.75) is 128 Å². The molecule has 5 amide bonds. The van der Waals surface area contributed by atoms with Gasteiger partial charge in [-0.25, -0.2) is 4.79 Å². The summed E-state index contributed by atoms with van der Waals surface area (Å²) >= 11 is 0. The fourth-order valence-electron chi connectivity index (χ4n) is 5.15. The zero-order chi connectivity index (χ0) is 40.7. The van der Waals surface area contributed by atoms with E-state index in [0.29, 0.717) is 51.6 Å². The Balaban J connectivity index is 6.15. The molecule has 0 aliphatic carbocycles. The predicted octanol–water partition coefficient (Wildman–Crippen LogP) is -2.48. The molecule has 20 heteroatoms. The molecule has 6 atom stereocenters. The highest BCUT2D eigenvalue weighted by Gasteiger charge is 2.34. The van der Waals surface area contributed by atoms with Crippen molar-refractivity contribution < 1.29 is 43.8 Å². The first-order chi connectivity index (χ1) is 24.8. The molecule has 0 aromatic rings. The number of amides is 5. The third-order valence-electron chi connectivity index (χ3n) is 8.08. The molecule has 0 rings (SSSR count). The first-order valence-electron chi connectivity index (χ1n) is 18.0. The molecular formula is C33H63N11O9. The summed E-state index contributed by atoms with van der Waals surface area (Å²) in [6.07, 6.45) is 2.24. The third-order valence-corrected chi connectivity index (χ3v) is 8.08. The van der Waals surface area contributed by atoms with Crippen molar-refractivity contribution in [1.82, 2.24) is 31.9 Å². The van der Waals surface area contributed by atoms with Gasteiger partial charge in [-0.1, -0.05) is 34.1 Å². The van der Waals surface area contributed by atoms with Gasteiger partial charge in [0.1, 0.15) is 30.2 Å². The highest BCUT2D eigenvalue weighted by Crippen LogP contribution is 2.11. The van der Waals surface area contributed by atoms with Crippen LogP contribution in [0.15, 0.2) is 0 Å². The summed E-state index contributed by atoms with van der Waals surface area (Å²) in [7, 11) is 0. The number of carboxylic acids is 2. The summed E-state index contributed by atoms with van der Waals surface area (Å²) in [4.78, 5) is 89.7. The van der Waals surface area contributed by atoms with E-state index in [1.54, 1.807) is 27.7 Å². The fourth-order valence-corrected chi connectivity index (χ4v) is 5.15. The van der Waals surface area contributed by atoms with E-state index < -0.39 is 90.1 Å². The minimum absolute atomic E-state index is 0.0663. The third kappa shape index (κ3) is 20.9. The van der Waals surface area contributed by atoms with E-state index >= 15 is 0 Å². The molecule has 0 aliphatic heterocycles. The number of unbranched alkanes of at least 4 members (excludes halogenated alkanes) is 2. The normalized spacial score (nSPS) is 14.5. The van der Waals surface area contributed by atoms with Gasteiger partial charge in [0.2, 0.25) is 29.5 Å². The van der Waals surface area contributed by atoms with E-state index in [-0.39, 0.29) is 37.7 Å². The van der Waals surface area contributed by atoms with Crippen LogP contribution in [-0.4, -0.2) is 114 Å². The van der Waals surface area contributed by atoms with Crippen LogP contribution < -0.4 is 54.8 Å². The van der Waals surface area contributed by atoms with Crippen molar-refractivity contribution in [1.29, 1.82) is 5.41 Å². The number of guanidine groups is 1. The van der Waals surface area contributed by atoms with Crippen LogP contribution in [0.4, 0.5) is 0 Å². The summed E-state index contributed by atoms with van der Waals surface area (Å²) in [5.41, 5.74) is 22.6. The number of nitrogens with one attached hydrogen (secondary N) is 7. The van der Waals surface area contributed by atoms with Crippen LogP contribution >= 0.6 is 0 Å². The molecule has 20 nitrogen and oxygen atoms in total. The van der Waals surface area contributed by atoms with Crippen LogP contribution in [0.3, 0.4) is 0 Å². The summed E-state index contributed by atoms with van der Waals surface area (Å²) in [6, 6.07) is -7.41.